The molecule has 1 aromatic heterocycles. The van der Waals surface area contributed by atoms with Crippen molar-refractivity contribution in [2.24, 2.45) is 5.73 Å². The van der Waals surface area contributed by atoms with Gasteiger partial charge in [0.1, 0.15) is 0 Å². The predicted octanol–water partition coefficient (Wildman–Crippen LogP) is -0.320. The number of halogens is 1. The summed E-state index contributed by atoms with van der Waals surface area (Å²) >= 11 is 0. The number of nitrogens with zero attached hydrogens (tertiary/aromatic N) is 3. The van der Waals surface area contributed by atoms with Gasteiger partial charge in [0.25, 0.3) is 0 Å². The van der Waals surface area contributed by atoms with Crippen LogP contribution in [0.15, 0.2) is 12.4 Å². The van der Waals surface area contributed by atoms with Crippen LogP contribution in [0.4, 0.5) is 10.3 Å². The summed E-state index contributed by atoms with van der Waals surface area (Å²) in [5.41, 5.74) is 5.52. The number of rotatable bonds is 1. The molecule has 5 nitrogen and oxygen atoms in total. The molecule has 0 spiro atoms. The largest absolute Gasteiger partial charge is 0.320 e. The Morgan fingerprint density at radius 3 is 2.64 bits per heavy atom. The third kappa shape index (κ3) is 1.44. The molecule has 0 aliphatic carbocycles. The first-order valence-electron chi connectivity index (χ1n) is 4.23. The molecule has 1 saturated heterocycles. The molecule has 0 radical (unpaired) electrons. The fraction of sp³-hybridized carbons (Fsp3) is 0.375. The van der Waals surface area contributed by atoms with Gasteiger partial charge in [-0.3, -0.25) is 9.69 Å². The highest BCUT2D eigenvalue weighted by Gasteiger charge is 2.31. The van der Waals surface area contributed by atoms with Gasteiger partial charge in [-0.15, -0.1) is 0 Å². The van der Waals surface area contributed by atoms with Crippen molar-refractivity contribution in [3.63, 3.8) is 0 Å². The molecule has 1 aromatic rings. The number of carbonyl (C=O) groups excluding carboxylic acids is 1. The molecule has 2 heterocycles. The molecule has 1 aliphatic heterocycles. The van der Waals surface area contributed by atoms with Crippen molar-refractivity contribution in [2.45, 2.75) is 12.5 Å². The van der Waals surface area contributed by atoms with Crippen LogP contribution in [0.25, 0.3) is 0 Å². The van der Waals surface area contributed by atoms with E-state index in [9.17, 15) is 9.18 Å². The zero-order valence-corrected chi connectivity index (χ0v) is 7.35. The van der Waals surface area contributed by atoms with Gasteiger partial charge in [-0.05, 0) is 6.42 Å². The van der Waals surface area contributed by atoms with Gasteiger partial charge in [0.05, 0.1) is 18.4 Å². The maximum atomic E-state index is 12.5. The van der Waals surface area contributed by atoms with Crippen LogP contribution in [0.3, 0.4) is 0 Å². The highest BCUT2D eigenvalue weighted by Crippen LogP contribution is 2.15. The molecule has 1 fully saturated rings. The van der Waals surface area contributed by atoms with Gasteiger partial charge in [-0.1, -0.05) is 0 Å². The van der Waals surface area contributed by atoms with Crippen molar-refractivity contribution < 1.29 is 9.18 Å². The van der Waals surface area contributed by atoms with Crippen LogP contribution in [0, 0.1) is 5.82 Å². The van der Waals surface area contributed by atoms with Crippen molar-refractivity contribution in [3.05, 3.63) is 18.2 Å². The van der Waals surface area contributed by atoms with E-state index in [1.54, 1.807) is 0 Å². The molecule has 14 heavy (non-hydrogen) atoms. The van der Waals surface area contributed by atoms with E-state index in [2.05, 4.69) is 9.97 Å². The van der Waals surface area contributed by atoms with E-state index >= 15 is 0 Å². The fourth-order valence-electron chi connectivity index (χ4n) is 1.35. The van der Waals surface area contributed by atoms with E-state index < -0.39 is 11.9 Å². The summed E-state index contributed by atoms with van der Waals surface area (Å²) < 4.78 is 12.5. The third-order valence-corrected chi connectivity index (χ3v) is 2.10. The van der Waals surface area contributed by atoms with Crippen LogP contribution in [-0.4, -0.2) is 28.5 Å². The number of amides is 1. The SMILES string of the molecule is NC1CCN(c2ncc(F)cn2)C1=O. The zero-order valence-electron chi connectivity index (χ0n) is 7.35. The Labute approximate surface area is 79.8 Å². The lowest BCUT2D eigenvalue weighted by Gasteiger charge is -2.12. The van der Waals surface area contributed by atoms with Gasteiger partial charge in [0, 0.05) is 6.54 Å². The summed E-state index contributed by atoms with van der Waals surface area (Å²) in [5.74, 6) is -0.523. The maximum Gasteiger partial charge on any atom is 0.246 e. The first kappa shape index (κ1) is 9.01. The van der Waals surface area contributed by atoms with Crippen LogP contribution in [0.2, 0.25) is 0 Å². The molecule has 2 N–H and O–H groups in total. The van der Waals surface area contributed by atoms with Crippen LogP contribution in [0.1, 0.15) is 6.42 Å². The topological polar surface area (TPSA) is 72.1 Å². The summed E-state index contributed by atoms with van der Waals surface area (Å²) in [6, 6.07) is -0.483. The van der Waals surface area contributed by atoms with Crippen molar-refractivity contribution in [1.82, 2.24) is 9.97 Å². The molecule has 0 bridgehead atoms. The Balaban J connectivity index is 2.24. The Bertz CT molecular complexity index is 353. The van der Waals surface area contributed by atoms with Crippen LogP contribution >= 0.6 is 0 Å². The Kier molecular flexibility index (Phi) is 2.12. The smallest absolute Gasteiger partial charge is 0.246 e. The molecule has 6 heteroatoms. The Morgan fingerprint density at radius 1 is 1.50 bits per heavy atom. The number of nitrogens with two attached hydrogens (primary N) is 1. The standard InChI is InChI=1S/C8H9FN4O/c9-5-3-11-8(12-4-5)13-2-1-6(10)7(13)14/h3-4,6H,1-2,10H2. The molecule has 1 amide bonds. The lowest BCUT2D eigenvalue weighted by Crippen LogP contribution is -2.34. The molecular weight excluding hydrogens is 187 g/mol. The van der Waals surface area contributed by atoms with E-state index in [1.807, 2.05) is 0 Å². The molecule has 0 saturated carbocycles. The normalized spacial score (nSPS) is 21.7. The van der Waals surface area contributed by atoms with Gasteiger partial charge < -0.3 is 5.73 Å². The minimum absolute atomic E-state index is 0.211. The summed E-state index contributed by atoms with van der Waals surface area (Å²) in [6.45, 7) is 0.492. The molecular formula is C8H9FN4O. The average molecular weight is 196 g/mol. The predicted molar refractivity (Wildman–Crippen MR) is 46.9 cm³/mol. The van der Waals surface area contributed by atoms with Crippen LogP contribution in [0.5, 0.6) is 0 Å². The highest BCUT2D eigenvalue weighted by atomic mass is 19.1. The summed E-state index contributed by atoms with van der Waals surface area (Å²) in [4.78, 5) is 20.2. The first-order valence-corrected chi connectivity index (χ1v) is 4.23. The van der Waals surface area contributed by atoms with Crippen LogP contribution < -0.4 is 10.6 Å². The number of hydrogen-bond donors (Lipinski definition) is 1. The second kappa shape index (κ2) is 3.30. The highest BCUT2D eigenvalue weighted by molar-refractivity contribution is 5.97. The number of anilines is 1. The molecule has 1 atom stereocenters. The Morgan fingerprint density at radius 2 is 2.14 bits per heavy atom. The number of aromatic nitrogens is 2. The molecule has 0 aromatic carbocycles. The number of hydrogen-bond acceptors (Lipinski definition) is 4. The van der Waals surface area contributed by atoms with E-state index in [-0.39, 0.29) is 11.9 Å². The quantitative estimate of drug-likeness (QED) is 0.668. The second-order valence-electron chi connectivity index (χ2n) is 3.09. The summed E-state index contributed by atoms with van der Waals surface area (Å²) in [7, 11) is 0. The van der Waals surface area contributed by atoms with E-state index in [0.29, 0.717) is 13.0 Å². The molecule has 2 rings (SSSR count). The fourth-order valence-corrected chi connectivity index (χ4v) is 1.35. The minimum Gasteiger partial charge on any atom is -0.320 e. The van der Waals surface area contributed by atoms with Gasteiger partial charge in [0.15, 0.2) is 5.82 Å². The lowest BCUT2D eigenvalue weighted by atomic mass is 10.3. The van der Waals surface area contributed by atoms with Gasteiger partial charge >= 0.3 is 0 Å². The molecule has 74 valence electrons. The summed E-state index contributed by atoms with van der Waals surface area (Å²) in [5, 5.41) is 0. The lowest BCUT2D eigenvalue weighted by molar-refractivity contribution is -0.118. The van der Waals surface area contributed by atoms with Gasteiger partial charge in [0.2, 0.25) is 11.9 Å². The van der Waals surface area contributed by atoms with Crippen molar-refractivity contribution in [3.8, 4) is 0 Å². The molecule has 1 aliphatic rings. The molecule has 1 unspecified atom stereocenters. The number of carbonyl (C=O) groups is 1. The minimum atomic E-state index is -0.523. The first-order chi connectivity index (χ1) is 6.68. The van der Waals surface area contributed by atoms with E-state index in [0.717, 1.165) is 12.4 Å². The summed E-state index contributed by atoms with van der Waals surface area (Å²) in [6.07, 6.45) is 2.64. The van der Waals surface area contributed by atoms with Crippen molar-refractivity contribution in [2.75, 3.05) is 11.4 Å². The van der Waals surface area contributed by atoms with E-state index in [4.69, 9.17) is 5.73 Å². The maximum absolute atomic E-state index is 12.5. The van der Waals surface area contributed by atoms with Gasteiger partial charge in [-0.2, -0.15) is 0 Å². The van der Waals surface area contributed by atoms with Crippen LogP contribution in [-0.2, 0) is 4.79 Å². The van der Waals surface area contributed by atoms with Crippen molar-refractivity contribution in [1.29, 1.82) is 0 Å². The van der Waals surface area contributed by atoms with Crippen molar-refractivity contribution >= 4 is 11.9 Å². The second-order valence-corrected chi connectivity index (χ2v) is 3.09. The monoisotopic (exact) mass is 196 g/mol. The van der Waals surface area contributed by atoms with Gasteiger partial charge in [-0.25, -0.2) is 14.4 Å². The third-order valence-electron chi connectivity index (χ3n) is 2.10. The Hall–Kier alpha value is -1.56. The average Bonchev–Trinajstić information content (AvgIpc) is 2.50. The van der Waals surface area contributed by atoms with E-state index in [1.165, 1.54) is 4.90 Å². The zero-order chi connectivity index (χ0) is 10.1.